The van der Waals surface area contributed by atoms with Crippen LogP contribution in [0.15, 0.2) is 0 Å². The summed E-state index contributed by atoms with van der Waals surface area (Å²) in [7, 11) is 0. The van der Waals surface area contributed by atoms with Gasteiger partial charge in [-0.2, -0.15) is 0 Å². The SMILES string of the molecule is CCCCc1nc(Cl)c(I)c(Cl)n1. The van der Waals surface area contributed by atoms with Crippen LogP contribution in [0.5, 0.6) is 0 Å². The Bertz CT molecular complexity index is 281. The molecule has 0 unspecified atom stereocenters. The van der Waals surface area contributed by atoms with Gasteiger partial charge < -0.3 is 0 Å². The average molecular weight is 331 g/mol. The van der Waals surface area contributed by atoms with Crippen molar-refractivity contribution in [3.05, 3.63) is 19.7 Å². The molecule has 1 rings (SSSR count). The minimum absolute atomic E-state index is 0.451. The molecule has 2 nitrogen and oxygen atoms in total. The van der Waals surface area contributed by atoms with E-state index >= 15 is 0 Å². The van der Waals surface area contributed by atoms with Gasteiger partial charge in [0.2, 0.25) is 0 Å². The molecule has 0 aliphatic carbocycles. The number of unbranched alkanes of at least 4 members (excludes halogenated alkanes) is 1. The van der Waals surface area contributed by atoms with Crippen molar-refractivity contribution < 1.29 is 0 Å². The Kier molecular flexibility index (Phi) is 4.69. The molecule has 0 fully saturated rings. The van der Waals surface area contributed by atoms with Crippen LogP contribution in [0, 0.1) is 3.57 Å². The van der Waals surface area contributed by atoms with Gasteiger partial charge in [0, 0.05) is 6.42 Å². The number of hydrogen-bond acceptors (Lipinski definition) is 2. The van der Waals surface area contributed by atoms with Crippen LogP contribution in [0.3, 0.4) is 0 Å². The van der Waals surface area contributed by atoms with E-state index in [0.717, 1.165) is 28.7 Å². The molecule has 1 heterocycles. The third-order valence-electron chi connectivity index (χ3n) is 1.57. The van der Waals surface area contributed by atoms with E-state index in [1.54, 1.807) is 0 Å². The van der Waals surface area contributed by atoms with Gasteiger partial charge >= 0.3 is 0 Å². The van der Waals surface area contributed by atoms with Gasteiger partial charge in [0.05, 0.1) is 3.57 Å². The maximum Gasteiger partial charge on any atom is 0.147 e. The fraction of sp³-hybridized carbons (Fsp3) is 0.500. The monoisotopic (exact) mass is 330 g/mol. The number of nitrogens with zero attached hydrogens (tertiary/aromatic N) is 2. The second-order valence-corrected chi connectivity index (χ2v) is 4.43. The lowest BCUT2D eigenvalue weighted by molar-refractivity contribution is 0.751. The molecule has 0 saturated carbocycles. The van der Waals surface area contributed by atoms with Gasteiger partial charge in [-0.25, -0.2) is 9.97 Å². The average Bonchev–Trinajstić information content (AvgIpc) is 2.10. The predicted octanol–water partition coefficient (Wildman–Crippen LogP) is 3.73. The van der Waals surface area contributed by atoms with Gasteiger partial charge in [-0.3, -0.25) is 0 Å². The molecule has 0 spiro atoms. The maximum atomic E-state index is 5.85. The second kappa shape index (κ2) is 5.32. The van der Waals surface area contributed by atoms with Crippen molar-refractivity contribution in [3.8, 4) is 0 Å². The highest BCUT2D eigenvalue weighted by Gasteiger charge is 2.07. The number of rotatable bonds is 3. The quantitative estimate of drug-likeness (QED) is 0.623. The summed E-state index contributed by atoms with van der Waals surface area (Å²) in [5.41, 5.74) is 0. The lowest BCUT2D eigenvalue weighted by atomic mass is 10.2. The number of halogens is 3. The Morgan fingerprint density at radius 1 is 1.23 bits per heavy atom. The Labute approximate surface area is 101 Å². The zero-order chi connectivity index (χ0) is 9.84. The van der Waals surface area contributed by atoms with E-state index in [0.29, 0.717) is 10.3 Å². The molecule has 1 aromatic heterocycles. The van der Waals surface area contributed by atoms with Crippen molar-refractivity contribution in [1.82, 2.24) is 9.97 Å². The number of hydrogen-bond donors (Lipinski definition) is 0. The first-order valence-corrected chi connectivity index (χ1v) is 5.86. The van der Waals surface area contributed by atoms with Crippen LogP contribution in [0.25, 0.3) is 0 Å². The molecule has 0 aliphatic heterocycles. The highest BCUT2D eigenvalue weighted by molar-refractivity contribution is 14.1. The van der Waals surface area contributed by atoms with Gasteiger partial charge in [0.1, 0.15) is 16.1 Å². The highest BCUT2D eigenvalue weighted by Crippen LogP contribution is 2.23. The van der Waals surface area contributed by atoms with Crippen molar-refractivity contribution in [1.29, 1.82) is 0 Å². The summed E-state index contributed by atoms with van der Waals surface area (Å²) in [6.07, 6.45) is 3.02. The smallest absolute Gasteiger partial charge is 0.147 e. The molecule has 5 heteroatoms. The van der Waals surface area contributed by atoms with Crippen molar-refractivity contribution >= 4 is 45.8 Å². The van der Waals surface area contributed by atoms with Crippen molar-refractivity contribution in [2.24, 2.45) is 0 Å². The third kappa shape index (κ3) is 3.22. The van der Waals surface area contributed by atoms with Crippen LogP contribution in [0.2, 0.25) is 10.3 Å². The molecule has 0 aliphatic rings. The van der Waals surface area contributed by atoms with E-state index in [9.17, 15) is 0 Å². The third-order valence-corrected chi connectivity index (χ3v) is 3.78. The summed E-state index contributed by atoms with van der Waals surface area (Å²) in [6, 6.07) is 0. The molecule has 13 heavy (non-hydrogen) atoms. The Hall–Kier alpha value is 0.390. The van der Waals surface area contributed by atoms with Crippen molar-refractivity contribution in [2.45, 2.75) is 26.2 Å². The molecule has 0 amide bonds. The Morgan fingerprint density at radius 3 is 2.23 bits per heavy atom. The summed E-state index contributed by atoms with van der Waals surface area (Å²) in [5.74, 6) is 0.734. The minimum atomic E-state index is 0.451. The van der Waals surface area contributed by atoms with E-state index in [1.807, 2.05) is 22.6 Å². The van der Waals surface area contributed by atoms with Crippen LogP contribution in [0.1, 0.15) is 25.6 Å². The first-order valence-electron chi connectivity index (χ1n) is 4.02. The van der Waals surface area contributed by atoms with Gasteiger partial charge in [-0.15, -0.1) is 0 Å². The van der Waals surface area contributed by atoms with Crippen molar-refractivity contribution in [3.63, 3.8) is 0 Å². The fourth-order valence-electron chi connectivity index (χ4n) is 0.882. The summed E-state index contributed by atoms with van der Waals surface area (Å²) >= 11 is 13.7. The van der Waals surface area contributed by atoms with E-state index < -0.39 is 0 Å². The van der Waals surface area contributed by atoms with E-state index in [2.05, 4.69) is 16.9 Å². The van der Waals surface area contributed by atoms with E-state index in [1.165, 1.54) is 0 Å². The number of aryl methyl sites for hydroxylation is 1. The fourth-order valence-corrected chi connectivity index (χ4v) is 1.55. The maximum absolute atomic E-state index is 5.85. The molecule has 0 radical (unpaired) electrons. The van der Waals surface area contributed by atoms with E-state index in [-0.39, 0.29) is 0 Å². The number of aromatic nitrogens is 2. The first kappa shape index (κ1) is 11.5. The van der Waals surface area contributed by atoms with Gasteiger partial charge in [0.15, 0.2) is 0 Å². The van der Waals surface area contributed by atoms with Crippen LogP contribution in [-0.2, 0) is 6.42 Å². The molecular formula is C8H9Cl2IN2. The van der Waals surface area contributed by atoms with Crippen LogP contribution >= 0.6 is 45.8 Å². The van der Waals surface area contributed by atoms with Crippen LogP contribution in [0.4, 0.5) is 0 Å². The zero-order valence-electron chi connectivity index (χ0n) is 7.15. The molecule has 72 valence electrons. The molecule has 0 atom stereocenters. The summed E-state index contributed by atoms with van der Waals surface area (Å²) < 4.78 is 0.723. The van der Waals surface area contributed by atoms with Crippen molar-refractivity contribution in [2.75, 3.05) is 0 Å². The molecular weight excluding hydrogens is 322 g/mol. The molecule has 0 bridgehead atoms. The molecule has 1 aromatic rings. The largest absolute Gasteiger partial charge is 0.220 e. The van der Waals surface area contributed by atoms with Crippen LogP contribution in [-0.4, -0.2) is 9.97 Å². The highest BCUT2D eigenvalue weighted by atomic mass is 127. The normalized spacial score (nSPS) is 10.5. The minimum Gasteiger partial charge on any atom is -0.220 e. The topological polar surface area (TPSA) is 25.8 Å². The molecule has 0 aromatic carbocycles. The second-order valence-electron chi connectivity index (χ2n) is 2.64. The van der Waals surface area contributed by atoms with E-state index in [4.69, 9.17) is 23.2 Å². The Balaban J connectivity index is 2.86. The standard InChI is InChI=1S/C8H9Cl2IN2/c1-2-3-4-5-12-7(9)6(11)8(10)13-5/h2-4H2,1H3. The molecule has 0 N–H and O–H groups in total. The summed E-state index contributed by atoms with van der Waals surface area (Å²) in [6.45, 7) is 2.12. The summed E-state index contributed by atoms with van der Waals surface area (Å²) in [4.78, 5) is 8.27. The van der Waals surface area contributed by atoms with Crippen LogP contribution < -0.4 is 0 Å². The lowest BCUT2D eigenvalue weighted by Gasteiger charge is -2.02. The van der Waals surface area contributed by atoms with Gasteiger partial charge in [-0.05, 0) is 29.0 Å². The predicted molar refractivity (Wildman–Crippen MR) is 63.4 cm³/mol. The lowest BCUT2D eigenvalue weighted by Crippen LogP contribution is -1.98. The Morgan fingerprint density at radius 2 is 1.77 bits per heavy atom. The van der Waals surface area contributed by atoms with Gasteiger partial charge in [-0.1, -0.05) is 36.5 Å². The van der Waals surface area contributed by atoms with Gasteiger partial charge in [0.25, 0.3) is 0 Å². The summed E-state index contributed by atoms with van der Waals surface area (Å²) in [5, 5.41) is 0.901. The zero-order valence-corrected chi connectivity index (χ0v) is 10.8. The molecule has 0 saturated heterocycles. The first-order chi connectivity index (χ1) is 6.15.